The van der Waals surface area contributed by atoms with Crippen molar-refractivity contribution in [1.82, 2.24) is 4.90 Å². The summed E-state index contributed by atoms with van der Waals surface area (Å²) in [7, 11) is 0. The van der Waals surface area contributed by atoms with Gasteiger partial charge in [-0.3, -0.25) is 9.69 Å². The third-order valence-electron chi connectivity index (χ3n) is 14.8. The Hall–Kier alpha value is -3.05. The molecule has 9 unspecified atom stereocenters. The average molecular weight is 758 g/mol. The highest BCUT2D eigenvalue weighted by molar-refractivity contribution is 7.09. The van der Waals surface area contributed by atoms with Crippen LogP contribution in [-0.2, 0) is 17.8 Å². The van der Waals surface area contributed by atoms with Gasteiger partial charge in [0.05, 0.1) is 31.0 Å². The third kappa shape index (κ3) is 6.09. The second-order valence-electron chi connectivity index (χ2n) is 17.5. The molecule has 6 aliphatic rings. The zero-order valence-corrected chi connectivity index (χ0v) is 32.2. The maximum Gasteiger partial charge on any atom is 0.189 e. The molecule has 54 heavy (non-hydrogen) atoms. The summed E-state index contributed by atoms with van der Waals surface area (Å²) in [4.78, 5) is 18.2. The minimum absolute atomic E-state index is 0.0793. The fourth-order valence-corrected chi connectivity index (χ4v) is 12.7. The second-order valence-corrected chi connectivity index (χ2v) is 18.5. The number of ketones is 1. The number of hydrogen-bond acceptors (Lipinski definition) is 7. The van der Waals surface area contributed by atoms with E-state index in [2.05, 4.69) is 48.4 Å². The lowest BCUT2D eigenvalue weighted by Crippen LogP contribution is -2.67. The van der Waals surface area contributed by atoms with E-state index in [1.54, 1.807) is 11.3 Å². The number of fused-ring (bicyclic) bond motifs is 1. The van der Waals surface area contributed by atoms with Crippen molar-refractivity contribution in [2.45, 2.75) is 89.6 Å². The first kappa shape index (κ1) is 37.9. The Balaban J connectivity index is 1.11. The van der Waals surface area contributed by atoms with Crippen LogP contribution in [-0.4, -0.2) is 70.1 Å². The van der Waals surface area contributed by atoms with Crippen molar-refractivity contribution in [2.24, 2.45) is 33.5 Å². The first-order valence-corrected chi connectivity index (χ1v) is 20.6. The lowest BCUT2D eigenvalue weighted by Gasteiger charge is -2.71. The molecule has 9 heteroatoms. The van der Waals surface area contributed by atoms with Crippen molar-refractivity contribution in [3.63, 3.8) is 0 Å². The molecule has 9 atom stereocenters. The van der Waals surface area contributed by atoms with E-state index in [0.717, 1.165) is 43.4 Å². The SMILES string of the molecule is CC12CCC(O)CC13C=CC1(C(C(=O)c4ccc(F)c(F)c4)=C3)C2CCC2(C)C1CCC2(O)CN(CCc1cccs1)CC(O)COCc1ccccc1. The van der Waals surface area contributed by atoms with E-state index in [0.29, 0.717) is 57.5 Å². The molecule has 0 radical (unpaired) electrons. The number of hydrogen-bond donors (Lipinski definition) is 3. The molecule has 3 aromatic rings. The summed E-state index contributed by atoms with van der Waals surface area (Å²) in [6.07, 6.45) is 11.0. The number of thiophene rings is 1. The largest absolute Gasteiger partial charge is 0.393 e. The highest BCUT2D eigenvalue weighted by Crippen LogP contribution is 2.78. The smallest absolute Gasteiger partial charge is 0.189 e. The van der Waals surface area contributed by atoms with Gasteiger partial charge in [-0.1, -0.05) is 68.5 Å². The summed E-state index contributed by atoms with van der Waals surface area (Å²) >= 11 is 1.70. The Labute approximate surface area is 321 Å². The van der Waals surface area contributed by atoms with E-state index in [1.165, 1.54) is 10.9 Å². The molecule has 2 bridgehead atoms. The standard InChI is InChI=1S/C45H53F2NO5S/c1-41-16-12-32(49)24-43(41)19-20-45(35(25-43)40(51)31-10-11-36(46)37(47)23-31)38(41)13-17-42(2)39(45)14-18-44(42,52)29-48(21-15-34-9-6-22-54-34)26-33(50)28-53-27-30-7-4-3-5-8-30/h3-11,19-20,22-23,25,32-33,38-39,49-50,52H,12-18,21,24,26-29H2,1-2H3. The molecule has 3 N–H and O–H groups in total. The summed E-state index contributed by atoms with van der Waals surface area (Å²) in [6, 6.07) is 17.5. The predicted octanol–water partition coefficient (Wildman–Crippen LogP) is 7.92. The van der Waals surface area contributed by atoms with Crippen LogP contribution in [0.3, 0.4) is 0 Å². The number of ether oxygens (including phenoxy) is 1. The maximum absolute atomic E-state index is 14.7. The molecule has 0 aliphatic heterocycles. The predicted molar refractivity (Wildman–Crippen MR) is 206 cm³/mol. The fourth-order valence-electron chi connectivity index (χ4n) is 12.0. The van der Waals surface area contributed by atoms with Gasteiger partial charge in [0.25, 0.3) is 0 Å². The number of carbonyl (C=O) groups excluding carboxylic acids is 1. The van der Waals surface area contributed by atoms with Crippen LogP contribution in [0.5, 0.6) is 0 Å². The van der Waals surface area contributed by atoms with E-state index in [9.17, 15) is 28.9 Å². The van der Waals surface area contributed by atoms with Gasteiger partial charge in [0, 0.05) is 51.9 Å². The van der Waals surface area contributed by atoms with Crippen LogP contribution in [0, 0.1) is 45.1 Å². The number of carbonyl (C=O) groups is 1. The van der Waals surface area contributed by atoms with E-state index < -0.39 is 45.7 Å². The van der Waals surface area contributed by atoms with Gasteiger partial charge in [0.15, 0.2) is 17.4 Å². The molecule has 0 saturated heterocycles. The van der Waals surface area contributed by atoms with Crippen LogP contribution in [0.15, 0.2) is 89.8 Å². The first-order valence-electron chi connectivity index (χ1n) is 19.7. The Kier molecular flexibility index (Phi) is 9.92. The maximum atomic E-state index is 14.7. The van der Waals surface area contributed by atoms with Crippen molar-refractivity contribution >= 4 is 17.1 Å². The van der Waals surface area contributed by atoms with Gasteiger partial charge in [0.1, 0.15) is 0 Å². The Morgan fingerprint density at radius 3 is 2.48 bits per heavy atom. The van der Waals surface area contributed by atoms with Crippen LogP contribution in [0.1, 0.15) is 79.6 Å². The van der Waals surface area contributed by atoms with Gasteiger partial charge in [-0.05, 0) is 104 Å². The average Bonchev–Trinajstić information content (AvgIpc) is 3.77. The molecule has 3 fully saturated rings. The van der Waals surface area contributed by atoms with Gasteiger partial charge in [0.2, 0.25) is 0 Å². The summed E-state index contributed by atoms with van der Waals surface area (Å²) in [5.41, 5.74) is -1.39. The topological polar surface area (TPSA) is 90.2 Å². The van der Waals surface area contributed by atoms with Crippen molar-refractivity contribution in [1.29, 1.82) is 0 Å². The molecule has 9 rings (SSSR count). The van der Waals surface area contributed by atoms with Gasteiger partial charge >= 0.3 is 0 Å². The highest BCUT2D eigenvalue weighted by Gasteiger charge is 2.74. The van der Waals surface area contributed by atoms with E-state index in [4.69, 9.17) is 4.74 Å². The highest BCUT2D eigenvalue weighted by atomic mass is 32.1. The number of nitrogens with zero attached hydrogens (tertiary/aromatic N) is 1. The minimum Gasteiger partial charge on any atom is -0.393 e. The Morgan fingerprint density at radius 1 is 0.963 bits per heavy atom. The number of aliphatic hydroxyl groups is 3. The van der Waals surface area contributed by atoms with Gasteiger partial charge in [-0.2, -0.15) is 0 Å². The van der Waals surface area contributed by atoms with Gasteiger partial charge in [-0.15, -0.1) is 11.3 Å². The number of allylic oxidation sites excluding steroid dienone is 4. The van der Waals surface area contributed by atoms with Crippen molar-refractivity contribution in [3.8, 4) is 0 Å². The molecule has 2 spiro atoms. The second kappa shape index (κ2) is 14.2. The van der Waals surface area contributed by atoms with Gasteiger partial charge in [-0.25, -0.2) is 8.78 Å². The quantitative estimate of drug-likeness (QED) is 0.121. The summed E-state index contributed by atoms with van der Waals surface area (Å²) in [6.45, 7) is 6.49. The minimum atomic E-state index is -1.11. The molecule has 6 aliphatic carbocycles. The summed E-state index contributed by atoms with van der Waals surface area (Å²) in [5, 5.41) is 37.4. The van der Waals surface area contributed by atoms with E-state index >= 15 is 0 Å². The Bertz CT molecular complexity index is 1920. The number of halogens is 2. The lowest BCUT2D eigenvalue weighted by atomic mass is 9.32. The molecular weight excluding hydrogens is 705 g/mol. The fraction of sp³-hybridized carbons (Fsp3) is 0.533. The molecule has 6 nitrogen and oxygen atoms in total. The molecular formula is C45H53F2NO5S. The van der Waals surface area contributed by atoms with Crippen molar-refractivity contribution in [3.05, 3.63) is 117 Å². The third-order valence-corrected chi connectivity index (χ3v) is 15.7. The van der Waals surface area contributed by atoms with Crippen LogP contribution in [0.4, 0.5) is 8.78 Å². The number of Topliss-reactive ketones (excluding diaryl/α,β-unsaturated/α-hetero) is 1. The number of aliphatic hydroxyl groups excluding tert-OH is 2. The normalized spacial score (nSPS) is 35.7. The van der Waals surface area contributed by atoms with E-state index in [-0.39, 0.29) is 35.2 Å². The molecule has 1 aromatic heterocycles. The number of benzene rings is 2. The summed E-state index contributed by atoms with van der Waals surface area (Å²) < 4.78 is 34.7. The van der Waals surface area contributed by atoms with Crippen LogP contribution in [0.2, 0.25) is 0 Å². The summed E-state index contributed by atoms with van der Waals surface area (Å²) in [5.74, 6) is -2.37. The molecule has 3 saturated carbocycles. The number of rotatable bonds is 13. The zero-order valence-electron chi connectivity index (χ0n) is 31.4. The molecule has 1 heterocycles. The lowest BCUT2D eigenvalue weighted by molar-refractivity contribution is -0.177. The monoisotopic (exact) mass is 757 g/mol. The Morgan fingerprint density at radius 2 is 1.72 bits per heavy atom. The van der Waals surface area contributed by atoms with E-state index in [1.807, 2.05) is 36.4 Å². The molecule has 0 amide bonds. The van der Waals surface area contributed by atoms with Gasteiger partial charge < -0.3 is 20.1 Å². The first-order chi connectivity index (χ1) is 25.8. The van der Waals surface area contributed by atoms with Crippen LogP contribution in [0.25, 0.3) is 0 Å². The van der Waals surface area contributed by atoms with Crippen molar-refractivity contribution in [2.75, 3.05) is 26.2 Å². The zero-order chi connectivity index (χ0) is 37.9. The van der Waals surface area contributed by atoms with Crippen LogP contribution >= 0.6 is 11.3 Å². The van der Waals surface area contributed by atoms with Crippen LogP contribution < -0.4 is 0 Å². The molecule has 2 aromatic carbocycles. The molecule has 288 valence electrons. The van der Waals surface area contributed by atoms with Crippen molar-refractivity contribution < 1.29 is 33.6 Å².